The number of aliphatic carboxylic acids is 2. The molecule has 3 atom stereocenters. The van der Waals surface area contributed by atoms with E-state index in [9.17, 15) is 14.7 Å². The Labute approximate surface area is 112 Å². The molecule has 0 heterocycles. The largest absolute Gasteiger partial charge is 0.481 e. The maximum atomic E-state index is 11.0. The molecule has 0 bridgehead atoms. The zero-order chi connectivity index (χ0) is 14.8. The lowest BCUT2D eigenvalue weighted by Gasteiger charge is -2.50. The molecular formula is C14H22O5. The van der Waals surface area contributed by atoms with Gasteiger partial charge < -0.3 is 15.3 Å². The van der Waals surface area contributed by atoms with Gasteiger partial charge in [0.15, 0.2) is 0 Å². The van der Waals surface area contributed by atoms with Crippen LogP contribution in [-0.2, 0) is 9.59 Å². The van der Waals surface area contributed by atoms with Crippen molar-refractivity contribution in [3.05, 3.63) is 12.2 Å². The highest BCUT2D eigenvalue weighted by atomic mass is 16.4. The second kappa shape index (κ2) is 5.33. The van der Waals surface area contributed by atoms with Crippen molar-refractivity contribution in [2.24, 2.45) is 11.3 Å². The molecule has 0 aromatic heterocycles. The normalized spacial score (nSPS) is 34.8. The van der Waals surface area contributed by atoms with Crippen LogP contribution >= 0.6 is 0 Å². The molecule has 1 aliphatic rings. The molecule has 1 fully saturated rings. The van der Waals surface area contributed by atoms with E-state index in [1.807, 2.05) is 6.92 Å². The first-order valence-corrected chi connectivity index (χ1v) is 6.41. The summed E-state index contributed by atoms with van der Waals surface area (Å²) >= 11 is 0. The maximum Gasteiger partial charge on any atom is 0.306 e. The fourth-order valence-electron chi connectivity index (χ4n) is 3.09. The van der Waals surface area contributed by atoms with Crippen LogP contribution in [0.2, 0.25) is 0 Å². The summed E-state index contributed by atoms with van der Waals surface area (Å²) in [6.07, 6.45) is 0.744. The van der Waals surface area contributed by atoms with E-state index in [2.05, 4.69) is 6.58 Å². The average molecular weight is 270 g/mol. The minimum Gasteiger partial charge on any atom is -0.481 e. The van der Waals surface area contributed by atoms with Gasteiger partial charge in [0.1, 0.15) is 0 Å². The zero-order valence-electron chi connectivity index (χ0n) is 11.5. The second-order valence-corrected chi connectivity index (χ2v) is 6.02. The Hall–Kier alpha value is -1.36. The summed E-state index contributed by atoms with van der Waals surface area (Å²) in [5, 5.41) is 28.6. The van der Waals surface area contributed by atoms with Crippen LogP contribution in [0.1, 0.15) is 46.0 Å². The van der Waals surface area contributed by atoms with Crippen LogP contribution in [0.15, 0.2) is 12.2 Å². The Balaban J connectivity index is 3.06. The lowest BCUT2D eigenvalue weighted by molar-refractivity contribution is -0.168. The highest BCUT2D eigenvalue weighted by Crippen LogP contribution is 2.51. The van der Waals surface area contributed by atoms with E-state index in [0.717, 1.165) is 5.57 Å². The van der Waals surface area contributed by atoms with Crippen molar-refractivity contribution in [1.29, 1.82) is 0 Å². The molecule has 1 saturated carbocycles. The van der Waals surface area contributed by atoms with Gasteiger partial charge in [-0.15, -0.1) is 0 Å². The van der Waals surface area contributed by atoms with Crippen LogP contribution in [0.25, 0.3) is 0 Å². The van der Waals surface area contributed by atoms with Gasteiger partial charge >= 0.3 is 11.9 Å². The summed E-state index contributed by atoms with van der Waals surface area (Å²) in [5.41, 5.74) is -1.46. The molecule has 108 valence electrons. The third-order valence-electron chi connectivity index (χ3n) is 4.41. The highest BCUT2D eigenvalue weighted by molar-refractivity contribution is 5.70. The Morgan fingerprint density at radius 2 is 1.79 bits per heavy atom. The van der Waals surface area contributed by atoms with Crippen LogP contribution < -0.4 is 0 Å². The molecule has 1 aliphatic carbocycles. The SMILES string of the molecule is C=C(C)C1CCC(O)(CC(=O)O)C(C)(CC(=O)O)C1. The van der Waals surface area contributed by atoms with Gasteiger partial charge in [-0.1, -0.05) is 19.1 Å². The Kier molecular flexibility index (Phi) is 4.40. The minimum atomic E-state index is -1.47. The molecule has 1 rings (SSSR count). The number of aliphatic hydroxyl groups is 1. The van der Waals surface area contributed by atoms with Gasteiger partial charge in [-0.3, -0.25) is 9.59 Å². The summed E-state index contributed by atoms with van der Waals surface area (Å²) in [4.78, 5) is 22.0. The van der Waals surface area contributed by atoms with E-state index in [4.69, 9.17) is 10.2 Å². The van der Waals surface area contributed by atoms with E-state index in [1.165, 1.54) is 0 Å². The van der Waals surface area contributed by atoms with Crippen molar-refractivity contribution in [3.8, 4) is 0 Å². The van der Waals surface area contributed by atoms with Gasteiger partial charge in [-0.2, -0.15) is 0 Å². The quantitative estimate of drug-likeness (QED) is 0.665. The first kappa shape index (κ1) is 15.7. The molecule has 19 heavy (non-hydrogen) atoms. The van der Waals surface area contributed by atoms with E-state index < -0.39 is 29.4 Å². The topological polar surface area (TPSA) is 94.8 Å². The summed E-state index contributed by atoms with van der Waals surface area (Å²) in [5.74, 6) is -1.99. The molecule has 5 heteroatoms. The fourth-order valence-corrected chi connectivity index (χ4v) is 3.09. The summed E-state index contributed by atoms with van der Waals surface area (Å²) in [6, 6.07) is 0. The Morgan fingerprint density at radius 1 is 1.26 bits per heavy atom. The van der Waals surface area contributed by atoms with E-state index in [0.29, 0.717) is 19.3 Å². The molecule has 5 nitrogen and oxygen atoms in total. The first-order valence-electron chi connectivity index (χ1n) is 6.41. The van der Waals surface area contributed by atoms with Crippen LogP contribution in [-0.4, -0.2) is 32.9 Å². The van der Waals surface area contributed by atoms with Gasteiger partial charge in [-0.05, 0) is 32.1 Å². The Bertz CT molecular complexity index is 403. The van der Waals surface area contributed by atoms with Crippen molar-refractivity contribution in [2.75, 3.05) is 0 Å². The molecule has 0 aromatic carbocycles. The van der Waals surface area contributed by atoms with E-state index in [-0.39, 0.29) is 12.3 Å². The third kappa shape index (κ3) is 3.35. The van der Waals surface area contributed by atoms with Crippen molar-refractivity contribution in [3.63, 3.8) is 0 Å². The van der Waals surface area contributed by atoms with Crippen molar-refractivity contribution >= 4 is 11.9 Å². The molecule has 0 aromatic rings. The van der Waals surface area contributed by atoms with Crippen LogP contribution in [0.4, 0.5) is 0 Å². The standard InChI is InChI=1S/C14H22O5/c1-9(2)10-4-5-14(19,8-12(17)18)13(3,6-10)7-11(15)16/h10,19H,1,4-8H2,2-3H3,(H,15,16)(H,17,18). The van der Waals surface area contributed by atoms with Gasteiger partial charge in [0.2, 0.25) is 0 Å². The number of hydrogen-bond acceptors (Lipinski definition) is 3. The number of carboxylic acid groups (broad SMARTS) is 2. The summed E-state index contributed by atoms with van der Waals surface area (Å²) in [6.45, 7) is 7.44. The van der Waals surface area contributed by atoms with Crippen LogP contribution in [0, 0.1) is 11.3 Å². The second-order valence-electron chi connectivity index (χ2n) is 6.02. The van der Waals surface area contributed by atoms with Crippen molar-refractivity contribution in [2.45, 2.75) is 51.6 Å². The molecular weight excluding hydrogens is 248 g/mol. The molecule has 3 unspecified atom stereocenters. The Morgan fingerprint density at radius 3 is 2.21 bits per heavy atom. The predicted octanol–water partition coefficient (Wildman–Crippen LogP) is 2.05. The van der Waals surface area contributed by atoms with Crippen molar-refractivity contribution < 1.29 is 24.9 Å². The van der Waals surface area contributed by atoms with Gasteiger partial charge in [0.05, 0.1) is 18.4 Å². The zero-order valence-corrected chi connectivity index (χ0v) is 11.5. The summed E-state index contributed by atoms with van der Waals surface area (Å²) in [7, 11) is 0. The smallest absolute Gasteiger partial charge is 0.306 e. The van der Waals surface area contributed by atoms with Crippen molar-refractivity contribution in [1.82, 2.24) is 0 Å². The van der Waals surface area contributed by atoms with Gasteiger partial charge in [0.25, 0.3) is 0 Å². The molecule has 0 aliphatic heterocycles. The fraction of sp³-hybridized carbons (Fsp3) is 0.714. The number of hydrogen-bond donors (Lipinski definition) is 3. The molecule has 0 amide bonds. The molecule has 0 saturated heterocycles. The van der Waals surface area contributed by atoms with Crippen LogP contribution in [0.5, 0.6) is 0 Å². The van der Waals surface area contributed by atoms with Crippen LogP contribution in [0.3, 0.4) is 0 Å². The molecule has 3 N–H and O–H groups in total. The van der Waals surface area contributed by atoms with E-state index in [1.54, 1.807) is 6.92 Å². The first-order chi connectivity index (χ1) is 8.59. The highest BCUT2D eigenvalue weighted by Gasteiger charge is 2.52. The van der Waals surface area contributed by atoms with Gasteiger partial charge in [0, 0.05) is 5.41 Å². The minimum absolute atomic E-state index is 0.137. The maximum absolute atomic E-state index is 11.0. The molecule has 0 spiro atoms. The number of carboxylic acids is 2. The number of carbonyl (C=O) groups is 2. The lowest BCUT2D eigenvalue weighted by atomic mass is 9.57. The average Bonchev–Trinajstić information content (AvgIpc) is 2.20. The van der Waals surface area contributed by atoms with Gasteiger partial charge in [-0.25, -0.2) is 0 Å². The monoisotopic (exact) mass is 270 g/mol. The predicted molar refractivity (Wildman–Crippen MR) is 69.7 cm³/mol. The van der Waals surface area contributed by atoms with E-state index >= 15 is 0 Å². The number of rotatable bonds is 5. The number of allylic oxidation sites excluding steroid dienone is 1. The third-order valence-corrected chi connectivity index (χ3v) is 4.41. The summed E-state index contributed by atoms with van der Waals surface area (Å²) < 4.78 is 0. The lowest BCUT2D eigenvalue weighted by Crippen LogP contribution is -2.53. The molecule has 0 radical (unpaired) electrons.